The van der Waals surface area contributed by atoms with Gasteiger partial charge in [-0.15, -0.1) is 0 Å². The van der Waals surface area contributed by atoms with Crippen LogP contribution in [0.5, 0.6) is 17.2 Å². The summed E-state index contributed by atoms with van der Waals surface area (Å²) in [6.45, 7) is 7.17. The maximum Gasteiger partial charge on any atom is 0.251 e. The van der Waals surface area contributed by atoms with Crippen molar-refractivity contribution in [3.05, 3.63) is 47.5 Å². The van der Waals surface area contributed by atoms with Crippen LogP contribution < -0.4 is 24.8 Å². The van der Waals surface area contributed by atoms with E-state index in [1.54, 1.807) is 42.5 Å². The zero-order valence-corrected chi connectivity index (χ0v) is 18.0. The summed E-state index contributed by atoms with van der Waals surface area (Å²) in [6.07, 6.45) is -0.201. The summed E-state index contributed by atoms with van der Waals surface area (Å²) in [7, 11) is 0. The fraction of sp³-hybridized carbons (Fsp3) is 0.348. The van der Waals surface area contributed by atoms with Crippen LogP contribution in [0.1, 0.15) is 43.1 Å². The Hall–Kier alpha value is -3.73. The molecule has 2 aromatic rings. The van der Waals surface area contributed by atoms with Crippen molar-refractivity contribution in [3.8, 4) is 23.3 Å². The standard InChI is InChI=1S/C23H27N3O5/c1-4-29-19-13-17(14-20(30-5-2)22(19)31-6-3)23(28)25-15-16-7-9-18(10-8-16)26-21(27)11-12-24/h7-10,13-14H,4-6,11,15H2,1-3H3,(H,25,28)(H,26,27). The van der Waals surface area contributed by atoms with Crippen LogP contribution in [0.3, 0.4) is 0 Å². The van der Waals surface area contributed by atoms with Crippen molar-refractivity contribution >= 4 is 17.5 Å². The average Bonchev–Trinajstić information content (AvgIpc) is 2.75. The molecule has 8 nitrogen and oxygen atoms in total. The summed E-state index contributed by atoms with van der Waals surface area (Å²) < 4.78 is 17.0. The van der Waals surface area contributed by atoms with Crippen molar-refractivity contribution in [2.45, 2.75) is 33.7 Å². The number of carbonyl (C=O) groups excluding carboxylic acids is 2. The van der Waals surface area contributed by atoms with Crippen molar-refractivity contribution in [1.29, 1.82) is 5.26 Å². The van der Waals surface area contributed by atoms with Crippen LogP contribution in [0.4, 0.5) is 5.69 Å². The zero-order valence-electron chi connectivity index (χ0n) is 18.0. The van der Waals surface area contributed by atoms with E-state index >= 15 is 0 Å². The van der Waals surface area contributed by atoms with E-state index in [0.29, 0.717) is 54.9 Å². The van der Waals surface area contributed by atoms with Gasteiger partial charge in [-0.1, -0.05) is 12.1 Å². The molecule has 0 bridgehead atoms. The van der Waals surface area contributed by atoms with Crippen LogP contribution in [-0.2, 0) is 11.3 Å². The smallest absolute Gasteiger partial charge is 0.251 e. The molecule has 2 N–H and O–H groups in total. The number of benzene rings is 2. The summed E-state index contributed by atoms with van der Waals surface area (Å²) in [5, 5.41) is 14.0. The molecule has 0 spiro atoms. The Morgan fingerprint density at radius 1 is 0.935 bits per heavy atom. The lowest BCUT2D eigenvalue weighted by Gasteiger charge is -2.17. The van der Waals surface area contributed by atoms with E-state index in [9.17, 15) is 9.59 Å². The molecule has 2 amide bonds. The van der Waals surface area contributed by atoms with E-state index < -0.39 is 0 Å². The third-order valence-corrected chi connectivity index (χ3v) is 4.10. The van der Waals surface area contributed by atoms with Gasteiger partial charge < -0.3 is 24.8 Å². The molecule has 0 saturated heterocycles. The molecule has 0 radical (unpaired) electrons. The molecule has 0 saturated carbocycles. The largest absolute Gasteiger partial charge is 0.490 e. The second kappa shape index (κ2) is 12.1. The molecular weight excluding hydrogens is 398 g/mol. The van der Waals surface area contributed by atoms with Crippen LogP contribution in [0.15, 0.2) is 36.4 Å². The second-order valence-electron chi connectivity index (χ2n) is 6.36. The van der Waals surface area contributed by atoms with Gasteiger partial charge in [-0.25, -0.2) is 0 Å². The van der Waals surface area contributed by atoms with Gasteiger partial charge in [0.2, 0.25) is 11.7 Å². The van der Waals surface area contributed by atoms with E-state index in [1.807, 2.05) is 20.8 Å². The number of nitrogens with zero attached hydrogens (tertiary/aromatic N) is 1. The summed E-state index contributed by atoms with van der Waals surface area (Å²) >= 11 is 0. The Morgan fingerprint density at radius 2 is 1.52 bits per heavy atom. The number of anilines is 1. The van der Waals surface area contributed by atoms with E-state index in [1.165, 1.54) is 0 Å². The predicted octanol–water partition coefficient (Wildman–Crippen LogP) is 3.66. The summed E-state index contributed by atoms with van der Waals surface area (Å²) in [4.78, 5) is 24.2. The monoisotopic (exact) mass is 425 g/mol. The SMILES string of the molecule is CCOc1cc(C(=O)NCc2ccc(NC(=O)CC#N)cc2)cc(OCC)c1OCC. The van der Waals surface area contributed by atoms with Crippen molar-refractivity contribution in [1.82, 2.24) is 5.32 Å². The van der Waals surface area contributed by atoms with Crippen molar-refractivity contribution < 1.29 is 23.8 Å². The molecule has 8 heteroatoms. The molecule has 31 heavy (non-hydrogen) atoms. The van der Waals surface area contributed by atoms with Gasteiger partial charge in [0.05, 0.1) is 25.9 Å². The first-order valence-corrected chi connectivity index (χ1v) is 10.1. The van der Waals surface area contributed by atoms with Crippen LogP contribution in [0.25, 0.3) is 0 Å². The molecule has 0 aliphatic rings. The third kappa shape index (κ3) is 6.93. The highest BCUT2D eigenvalue weighted by Crippen LogP contribution is 2.39. The Kier molecular flexibility index (Phi) is 9.17. The first-order valence-electron chi connectivity index (χ1n) is 10.1. The first-order chi connectivity index (χ1) is 15.0. The number of nitriles is 1. The van der Waals surface area contributed by atoms with Crippen LogP contribution in [-0.4, -0.2) is 31.6 Å². The van der Waals surface area contributed by atoms with Gasteiger partial charge in [0.1, 0.15) is 6.42 Å². The van der Waals surface area contributed by atoms with Crippen LogP contribution in [0, 0.1) is 11.3 Å². The minimum absolute atomic E-state index is 0.201. The fourth-order valence-electron chi connectivity index (χ4n) is 2.79. The molecule has 0 unspecified atom stereocenters. The van der Waals surface area contributed by atoms with Crippen LogP contribution in [0.2, 0.25) is 0 Å². The van der Waals surface area contributed by atoms with Crippen molar-refractivity contribution in [2.75, 3.05) is 25.1 Å². The quantitative estimate of drug-likeness (QED) is 0.569. The maximum atomic E-state index is 12.7. The zero-order chi connectivity index (χ0) is 22.6. The number of ether oxygens (including phenoxy) is 3. The van der Waals surface area contributed by atoms with Crippen molar-refractivity contribution in [2.24, 2.45) is 0 Å². The lowest BCUT2D eigenvalue weighted by Crippen LogP contribution is -2.23. The molecule has 0 atom stereocenters. The third-order valence-electron chi connectivity index (χ3n) is 4.10. The van der Waals surface area contributed by atoms with Crippen molar-refractivity contribution in [3.63, 3.8) is 0 Å². The topological polar surface area (TPSA) is 110 Å². The molecule has 0 heterocycles. The molecule has 0 aliphatic heterocycles. The Labute approximate surface area is 182 Å². The molecule has 0 fully saturated rings. The van der Waals surface area contributed by atoms with Crippen LogP contribution >= 0.6 is 0 Å². The number of amides is 2. The second-order valence-corrected chi connectivity index (χ2v) is 6.36. The molecule has 0 aromatic heterocycles. The fourth-order valence-corrected chi connectivity index (χ4v) is 2.79. The number of rotatable bonds is 11. The minimum Gasteiger partial charge on any atom is -0.490 e. The molecule has 164 valence electrons. The van der Waals surface area contributed by atoms with E-state index in [0.717, 1.165) is 5.56 Å². The summed E-state index contributed by atoms with van der Waals surface area (Å²) in [5.41, 5.74) is 1.84. The predicted molar refractivity (Wildman–Crippen MR) is 116 cm³/mol. The maximum absolute atomic E-state index is 12.7. The molecule has 0 aliphatic carbocycles. The Morgan fingerprint density at radius 3 is 2.03 bits per heavy atom. The van der Waals surface area contributed by atoms with E-state index in [-0.39, 0.29) is 18.2 Å². The number of carbonyl (C=O) groups is 2. The van der Waals surface area contributed by atoms with E-state index in [2.05, 4.69) is 10.6 Å². The summed E-state index contributed by atoms with van der Waals surface area (Å²) in [5.74, 6) is 0.748. The van der Waals surface area contributed by atoms with Gasteiger partial charge in [-0.2, -0.15) is 5.26 Å². The van der Waals surface area contributed by atoms with E-state index in [4.69, 9.17) is 19.5 Å². The highest BCUT2D eigenvalue weighted by Gasteiger charge is 2.18. The lowest BCUT2D eigenvalue weighted by atomic mass is 10.1. The average molecular weight is 425 g/mol. The molecule has 2 aromatic carbocycles. The number of hydrogen-bond acceptors (Lipinski definition) is 6. The minimum atomic E-state index is -0.366. The Balaban J connectivity index is 2.10. The Bertz CT molecular complexity index is 908. The lowest BCUT2D eigenvalue weighted by molar-refractivity contribution is -0.115. The van der Waals surface area contributed by atoms with Gasteiger partial charge in [0.15, 0.2) is 11.5 Å². The van der Waals surface area contributed by atoms with Gasteiger partial charge >= 0.3 is 0 Å². The highest BCUT2D eigenvalue weighted by atomic mass is 16.5. The van der Waals surface area contributed by atoms with Gasteiger partial charge in [0.25, 0.3) is 5.91 Å². The van der Waals surface area contributed by atoms with Gasteiger partial charge in [0, 0.05) is 17.8 Å². The summed E-state index contributed by atoms with van der Waals surface area (Å²) in [6, 6.07) is 12.1. The normalized spacial score (nSPS) is 10.0. The molecule has 2 rings (SSSR count). The number of hydrogen-bond donors (Lipinski definition) is 2. The first kappa shape index (κ1) is 23.5. The number of nitrogens with one attached hydrogen (secondary N) is 2. The highest BCUT2D eigenvalue weighted by molar-refractivity contribution is 5.95. The van der Waals surface area contributed by atoms with Gasteiger partial charge in [-0.3, -0.25) is 9.59 Å². The molecular formula is C23H27N3O5. The van der Waals surface area contributed by atoms with Gasteiger partial charge in [-0.05, 0) is 50.6 Å².